The van der Waals surface area contributed by atoms with Gasteiger partial charge >= 0.3 is 0 Å². The molecule has 1 aromatic heterocycles. The standard InChI is InChI=1S/C26H25N5O4/c1-34-22-10-7-20(8-11-22)25-27-26(35-28-25)21-9-12-23(24(17-21)31(32)33)30-15-13-29(14-16-30)18-19-5-3-2-4-6-19/h2-12,17H,13-16,18H2,1H3. The zero-order chi connectivity index (χ0) is 24.2. The lowest BCUT2D eigenvalue weighted by atomic mass is 10.1. The van der Waals surface area contributed by atoms with Crippen LogP contribution >= 0.6 is 0 Å². The van der Waals surface area contributed by atoms with Crippen molar-refractivity contribution in [2.24, 2.45) is 0 Å². The van der Waals surface area contributed by atoms with Gasteiger partial charge in [0, 0.05) is 49.9 Å². The van der Waals surface area contributed by atoms with Crippen molar-refractivity contribution in [3.05, 3.63) is 88.5 Å². The summed E-state index contributed by atoms with van der Waals surface area (Å²) in [4.78, 5) is 20.5. The van der Waals surface area contributed by atoms with Gasteiger partial charge in [0.2, 0.25) is 5.82 Å². The highest BCUT2D eigenvalue weighted by Gasteiger charge is 2.25. The van der Waals surface area contributed by atoms with Gasteiger partial charge in [-0.2, -0.15) is 4.98 Å². The second-order valence-corrected chi connectivity index (χ2v) is 8.36. The number of hydrogen-bond acceptors (Lipinski definition) is 8. The molecular weight excluding hydrogens is 446 g/mol. The first-order valence-corrected chi connectivity index (χ1v) is 11.4. The number of nitro benzene ring substituents is 1. The Morgan fingerprint density at radius 3 is 2.37 bits per heavy atom. The van der Waals surface area contributed by atoms with Crippen LogP contribution in [0.1, 0.15) is 5.56 Å². The molecule has 35 heavy (non-hydrogen) atoms. The molecule has 1 aliphatic rings. The zero-order valence-electron chi connectivity index (χ0n) is 19.3. The van der Waals surface area contributed by atoms with Gasteiger partial charge in [0.15, 0.2) is 0 Å². The van der Waals surface area contributed by atoms with E-state index in [2.05, 4.69) is 32.1 Å². The van der Waals surface area contributed by atoms with Crippen LogP contribution in [0.15, 0.2) is 77.3 Å². The van der Waals surface area contributed by atoms with E-state index in [0.717, 1.165) is 44.0 Å². The maximum absolute atomic E-state index is 11.9. The Bertz CT molecular complexity index is 1300. The quantitative estimate of drug-likeness (QED) is 0.284. The van der Waals surface area contributed by atoms with Gasteiger partial charge in [-0.15, -0.1) is 0 Å². The number of nitro groups is 1. The van der Waals surface area contributed by atoms with Gasteiger partial charge in [-0.25, -0.2) is 0 Å². The van der Waals surface area contributed by atoms with Crippen molar-refractivity contribution in [2.75, 3.05) is 38.2 Å². The molecule has 1 saturated heterocycles. The van der Waals surface area contributed by atoms with Crippen molar-refractivity contribution in [1.82, 2.24) is 15.0 Å². The molecule has 0 amide bonds. The fraction of sp³-hybridized carbons (Fsp3) is 0.231. The average Bonchev–Trinajstić information content (AvgIpc) is 3.40. The number of piperazine rings is 1. The van der Waals surface area contributed by atoms with E-state index >= 15 is 0 Å². The molecule has 5 rings (SSSR count). The number of aromatic nitrogens is 2. The van der Waals surface area contributed by atoms with Crippen LogP contribution in [0.5, 0.6) is 5.75 Å². The maximum Gasteiger partial charge on any atom is 0.293 e. The predicted octanol–water partition coefficient (Wildman–Crippen LogP) is 4.64. The number of anilines is 1. The summed E-state index contributed by atoms with van der Waals surface area (Å²) >= 11 is 0. The molecule has 0 radical (unpaired) electrons. The molecule has 0 atom stereocenters. The largest absolute Gasteiger partial charge is 0.497 e. The summed E-state index contributed by atoms with van der Waals surface area (Å²) in [5.41, 5.74) is 3.18. The van der Waals surface area contributed by atoms with Gasteiger partial charge in [0.05, 0.1) is 12.0 Å². The third kappa shape index (κ3) is 4.99. The number of rotatable bonds is 7. The van der Waals surface area contributed by atoms with Crippen molar-refractivity contribution in [2.45, 2.75) is 6.54 Å². The average molecular weight is 472 g/mol. The van der Waals surface area contributed by atoms with Crippen LogP contribution in [0.3, 0.4) is 0 Å². The van der Waals surface area contributed by atoms with Crippen molar-refractivity contribution < 1.29 is 14.2 Å². The Hall–Kier alpha value is -4.24. The fourth-order valence-electron chi connectivity index (χ4n) is 4.26. The lowest BCUT2D eigenvalue weighted by Gasteiger charge is -2.35. The van der Waals surface area contributed by atoms with E-state index in [9.17, 15) is 10.1 Å². The fourth-order valence-corrected chi connectivity index (χ4v) is 4.26. The van der Waals surface area contributed by atoms with Gasteiger partial charge < -0.3 is 14.2 Å². The van der Waals surface area contributed by atoms with E-state index in [4.69, 9.17) is 9.26 Å². The SMILES string of the molecule is COc1ccc(-c2noc(-c3ccc(N4CCN(Cc5ccccc5)CC4)c([N+](=O)[O-])c3)n2)cc1. The van der Waals surface area contributed by atoms with Gasteiger partial charge in [-0.3, -0.25) is 15.0 Å². The summed E-state index contributed by atoms with van der Waals surface area (Å²) < 4.78 is 10.6. The molecule has 1 fully saturated rings. The molecule has 0 bridgehead atoms. The van der Waals surface area contributed by atoms with Crippen molar-refractivity contribution in [3.8, 4) is 28.6 Å². The predicted molar refractivity (Wildman–Crippen MR) is 132 cm³/mol. The molecule has 3 aromatic carbocycles. The molecule has 1 aliphatic heterocycles. The summed E-state index contributed by atoms with van der Waals surface area (Å²) in [5, 5.41) is 16.0. The number of methoxy groups -OCH3 is 1. The molecule has 4 aromatic rings. The topological polar surface area (TPSA) is 97.8 Å². The summed E-state index contributed by atoms with van der Waals surface area (Å²) in [6.45, 7) is 3.99. The minimum absolute atomic E-state index is 0.0307. The van der Waals surface area contributed by atoms with E-state index in [-0.39, 0.29) is 16.5 Å². The molecule has 9 nitrogen and oxygen atoms in total. The Labute approximate surface area is 202 Å². The van der Waals surface area contributed by atoms with Crippen molar-refractivity contribution in [1.29, 1.82) is 0 Å². The third-order valence-electron chi connectivity index (χ3n) is 6.16. The van der Waals surface area contributed by atoms with Crippen LogP contribution < -0.4 is 9.64 Å². The van der Waals surface area contributed by atoms with Crippen LogP contribution in [-0.2, 0) is 6.54 Å². The first kappa shape index (κ1) is 22.5. The summed E-state index contributed by atoms with van der Waals surface area (Å²) in [6, 6.07) is 22.7. The van der Waals surface area contributed by atoms with Gasteiger partial charge in [-0.1, -0.05) is 35.5 Å². The Balaban J connectivity index is 1.32. The summed E-state index contributed by atoms with van der Waals surface area (Å²) in [7, 11) is 1.60. The van der Waals surface area contributed by atoms with E-state index in [1.807, 2.05) is 42.5 Å². The highest BCUT2D eigenvalue weighted by Crippen LogP contribution is 2.34. The first-order valence-electron chi connectivity index (χ1n) is 11.4. The van der Waals surface area contributed by atoms with Gasteiger partial charge in [0.1, 0.15) is 11.4 Å². The molecule has 0 unspecified atom stereocenters. The zero-order valence-corrected chi connectivity index (χ0v) is 19.3. The van der Waals surface area contributed by atoms with Crippen LogP contribution in [-0.4, -0.2) is 53.3 Å². The van der Waals surface area contributed by atoms with Gasteiger partial charge in [0.25, 0.3) is 11.6 Å². The lowest BCUT2D eigenvalue weighted by molar-refractivity contribution is -0.384. The summed E-state index contributed by atoms with van der Waals surface area (Å²) in [6.07, 6.45) is 0. The second kappa shape index (κ2) is 9.94. The van der Waals surface area contributed by atoms with Crippen LogP contribution in [0.4, 0.5) is 11.4 Å². The monoisotopic (exact) mass is 471 g/mol. The van der Waals surface area contributed by atoms with E-state index in [1.165, 1.54) is 11.6 Å². The smallest absolute Gasteiger partial charge is 0.293 e. The van der Waals surface area contributed by atoms with Crippen LogP contribution in [0, 0.1) is 10.1 Å². The minimum Gasteiger partial charge on any atom is -0.497 e. The van der Waals surface area contributed by atoms with Crippen molar-refractivity contribution >= 4 is 11.4 Å². The maximum atomic E-state index is 11.9. The lowest BCUT2D eigenvalue weighted by Crippen LogP contribution is -2.46. The molecular formula is C26H25N5O4. The molecule has 0 spiro atoms. The molecule has 0 N–H and O–H groups in total. The number of hydrogen-bond donors (Lipinski definition) is 0. The normalized spacial score (nSPS) is 14.1. The number of benzene rings is 3. The van der Waals surface area contributed by atoms with Gasteiger partial charge in [-0.05, 0) is 42.0 Å². The molecule has 178 valence electrons. The second-order valence-electron chi connectivity index (χ2n) is 8.36. The third-order valence-corrected chi connectivity index (χ3v) is 6.16. The Morgan fingerprint density at radius 1 is 0.971 bits per heavy atom. The van der Waals surface area contributed by atoms with Crippen LogP contribution in [0.25, 0.3) is 22.8 Å². The number of nitrogens with zero attached hydrogens (tertiary/aromatic N) is 5. The highest BCUT2D eigenvalue weighted by atomic mass is 16.6. The Kier molecular flexibility index (Phi) is 6.40. The van der Waals surface area contributed by atoms with Crippen LogP contribution in [0.2, 0.25) is 0 Å². The molecule has 9 heteroatoms. The first-order chi connectivity index (χ1) is 17.1. The highest BCUT2D eigenvalue weighted by molar-refractivity contribution is 5.71. The number of ether oxygens (including phenoxy) is 1. The molecule has 0 saturated carbocycles. The minimum atomic E-state index is -0.351. The van der Waals surface area contributed by atoms with E-state index < -0.39 is 0 Å². The Morgan fingerprint density at radius 2 is 1.69 bits per heavy atom. The summed E-state index contributed by atoms with van der Waals surface area (Å²) in [5.74, 6) is 1.37. The van der Waals surface area contributed by atoms with E-state index in [1.54, 1.807) is 19.2 Å². The molecule has 2 heterocycles. The molecule has 0 aliphatic carbocycles. The van der Waals surface area contributed by atoms with Crippen molar-refractivity contribution in [3.63, 3.8) is 0 Å². The van der Waals surface area contributed by atoms with E-state index in [0.29, 0.717) is 17.1 Å².